The highest BCUT2D eigenvalue weighted by atomic mass is 32.1. The number of methoxy groups -OCH3 is 1. The van der Waals surface area contributed by atoms with E-state index in [2.05, 4.69) is 15.6 Å². The van der Waals surface area contributed by atoms with Gasteiger partial charge >= 0.3 is 6.03 Å². The quantitative estimate of drug-likeness (QED) is 0.904. The first-order chi connectivity index (χ1) is 10.2. The number of benzene rings is 1. The molecular weight excluding hydrogens is 294 g/mol. The molecule has 3 rings (SSSR count). The number of urea groups is 1. The predicted octanol–water partition coefficient (Wildman–Crippen LogP) is 2.18. The van der Waals surface area contributed by atoms with Crippen molar-refractivity contribution in [3.63, 3.8) is 0 Å². The van der Waals surface area contributed by atoms with Crippen LogP contribution in [0.5, 0.6) is 11.5 Å². The fourth-order valence-corrected chi connectivity index (χ4v) is 2.89. The lowest BCUT2D eigenvalue weighted by Gasteiger charge is -2.12. The Kier molecular flexibility index (Phi) is 3.80. The molecule has 0 radical (unpaired) electrons. The molecule has 2 heterocycles. The number of carbonyl (C=O) groups is 1. The van der Waals surface area contributed by atoms with Crippen LogP contribution in [0.25, 0.3) is 10.2 Å². The van der Waals surface area contributed by atoms with Crippen LogP contribution in [0.15, 0.2) is 12.1 Å². The standard InChI is InChI=1S/C13H15N3O4S/c1-7(5-18-2)14-12(17)16-13-15-8-3-9-10(20-6-19-9)4-11(8)21-13/h3-4,7H,5-6H2,1-2H3,(H2,14,15,16,17)/t7-/m0/s1. The number of aromatic nitrogens is 1. The van der Waals surface area contributed by atoms with Gasteiger partial charge in [-0.25, -0.2) is 9.78 Å². The Hall–Kier alpha value is -2.06. The van der Waals surface area contributed by atoms with Crippen molar-refractivity contribution in [1.29, 1.82) is 0 Å². The van der Waals surface area contributed by atoms with E-state index in [9.17, 15) is 4.79 Å². The van der Waals surface area contributed by atoms with Gasteiger partial charge in [0.15, 0.2) is 16.6 Å². The van der Waals surface area contributed by atoms with Crippen molar-refractivity contribution in [2.24, 2.45) is 0 Å². The second kappa shape index (κ2) is 5.74. The van der Waals surface area contributed by atoms with Gasteiger partial charge in [-0.1, -0.05) is 11.3 Å². The molecule has 1 aromatic carbocycles. The zero-order valence-corrected chi connectivity index (χ0v) is 12.5. The largest absolute Gasteiger partial charge is 0.454 e. The molecule has 0 fully saturated rings. The number of nitrogens with one attached hydrogen (secondary N) is 2. The Morgan fingerprint density at radius 3 is 3.00 bits per heavy atom. The van der Waals surface area contributed by atoms with E-state index < -0.39 is 0 Å². The molecule has 0 saturated heterocycles. The van der Waals surface area contributed by atoms with Crippen LogP contribution in [0.2, 0.25) is 0 Å². The van der Waals surface area contributed by atoms with Gasteiger partial charge in [0.1, 0.15) is 0 Å². The minimum atomic E-state index is -0.307. The number of hydrogen-bond acceptors (Lipinski definition) is 6. The number of ether oxygens (including phenoxy) is 3. The highest BCUT2D eigenvalue weighted by Gasteiger charge is 2.17. The summed E-state index contributed by atoms with van der Waals surface area (Å²) in [7, 11) is 1.59. The van der Waals surface area contributed by atoms with Gasteiger partial charge in [-0.2, -0.15) is 0 Å². The minimum absolute atomic E-state index is 0.0741. The van der Waals surface area contributed by atoms with Crippen molar-refractivity contribution < 1.29 is 19.0 Å². The Labute approximate surface area is 125 Å². The molecule has 0 bridgehead atoms. The van der Waals surface area contributed by atoms with Crippen LogP contribution in [-0.2, 0) is 4.74 Å². The molecular formula is C13H15N3O4S. The van der Waals surface area contributed by atoms with Crippen molar-refractivity contribution in [2.75, 3.05) is 25.8 Å². The first-order valence-corrected chi connectivity index (χ1v) is 7.24. The van der Waals surface area contributed by atoms with E-state index in [0.717, 1.165) is 10.2 Å². The second-order valence-corrected chi connectivity index (χ2v) is 5.68. The molecule has 1 atom stereocenters. The van der Waals surface area contributed by atoms with Crippen LogP contribution in [0.1, 0.15) is 6.92 Å². The molecule has 0 aliphatic carbocycles. The topological polar surface area (TPSA) is 81.7 Å². The third-order valence-corrected chi connectivity index (χ3v) is 3.83. The number of anilines is 1. The molecule has 1 aromatic heterocycles. The zero-order chi connectivity index (χ0) is 14.8. The van der Waals surface area contributed by atoms with E-state index >= 15 is 0 Å². The fraction of sp³-hybridized carbons (Fsp3) is 0.385. The van der Waals surface area contributed by atoms with Crippen LogP contribution in [0, 0.1) is 0 Å². The maximum Gasteiger partial charge on any atom is 0.321 e. The summed E-state index contributed by atoms with van der Waals surface area (Å²) in [5.74, 6) is 1.38. The normalized spacial score (nSPS) is 14.2. The van der Waals surface area contributed by atoms with Crippen molar-refractivity contribution in [3.8, 4) is 11.5 Å². The minimum Gasteiger partial charge on any atom is -0.454 e. The maximum absolute atomic E-state index is 11.8. The van der Waals surface area contributed by atoms with Gasteiger partial charge in [-0.15, -0.1) is 0 Å². The predicted molar refractivity (Wildman–Crippen MR) is 79.2 cm³/mol. The monoisotopic (exact) mass is 309 g/mol. The van der Waals surface area contributed by atoms with E-state index in [-0.39, 0.29) is 18.9 Å². The van der Waals surface area contributed by atoms with Crippen molar-refractivity contribution in [1.82, 2.24) is 10.3 Å². The van der Waals surface area contributed by atoms with E-state index in [0.29, 0.717) is 23.2 Å². The van der Waals surface area contributed by atoms with Gasteiger partial charge in [0, 0.05) is 19.2 Å². The molecule has 0 saturated carbocycles. The SMILES string of the molecule is COC[C@H](C)NC(=O)Nc1nc2cc3c(cc2s1)OCO3. The fourth-order valence-electron chi connectivity index (χ4n) is 2.02. The van der Waals surface area contributed by atoms with Gasteiger partial charge in [0.05, 0.1) is 22.9 Å². The van der Waals surface area contributed by atoms with Crippen molar-refractivity contribution in [2.45, 2.75) is 13.0 Å². The number of hydrogen-bond donors (Lipinski definition) is 2. The summed E-state index contributed by atoms with van der Waals surface area (Å²) in [6, 6.07) is 3.30. The number of rotatable bonds is 4. The average molecular weight is 309 g/mol. The molecule has 0 unspecified atom stereocenters. The van der Waals surface area contributed by atoms with Gasteiger partial charge in [-0.3, -0.25) is 5.32 Å². The lowest BCUT2D eigenvalue weighted by Crippen LogP contribution is -2.38. The third kappa shape index (κ3) is 3.01. The summed E-state index contributed by atoms with van der Waals surface area (Å²) in [4.78, 5) is 16.2. The number of carbonyl (C=O) groups excluding carboxylic acids is 1. The van der Waals surface area contributed by atoms with E-state index in [1.807, 2.05) is 19.1 Å². The summed E-state index contributed by atoms with van der Waals surface area (Å²) in [6.07, 6.45) is 0. The molecule has 1 aliphatic heterocycles. The summed E-state index contributed by atoms with van der Waals surface area (Å²) >= 11 is 1.38. The summed E-state index contributed by atoms with van der Waals surface area (Å²) in [6.45, 7) is 2.55. The molecule has 2 N–H and O–H groups in total. The van der Waals surface area contributed by atoms with Crippen LogP contribution in [0.3, 0.4) is 0 Å². The van der Waals surface area contributed by atoms with E-state index in [1.54, 1.807) is 7.11 Å². The van der Waals surface area contributed by atoms with Gasteiger partial charge in [-0.05, 0) is 6.92 Å². The zero-order valence-electron chi connectivity index (χ0n) is 11.6. The Morgan fingerprint density at radius 2 is 2.24 bits per heavy atom. The Morgan fingerprint density at radius 1 is 1.48 bits per heavy atom. The van der Waals surface area contributed by atoms with Crippen LogP contribution >= 0.6 is 11.3 Å². The Balaban J connectivity index is 1.71. The second-order valence-electron chi connectivity index (χ2n) is 4.65. The summed E-state index contributed by atoms with van der Waals surface area (Å²) < 4.78 is 16.5. The van der Waals surface area contributed by atoms with Crippen molar-refractivity contribution >= 4 is 32.7 Å². The molecule has 112 valence electrons. The molecule has 21 heavy (non-hydrogen) atoms. The van der Waals surface area contributed by atoms with E-state index in [4.69, 9.17) is 14.2 Å². The number of thiazole rings is 1. The summed E-state index contributed by atoms with van der Waals surface area (Å²) in [5.41, 5.74) is 0.768. The molecule has 2 amide bonds. The van der Waals surface area contributed by atoms with Gasteiger partial charge < -0.3 is 19.5 Å². The molecule has 2 aromatic rings. The van der Waals surface area contributed by atoms with Gasteiger partial charge in [0.25, 0.3) is 0 Å². The molecule has 1 aliphatic rings. The lowest BCUT2D eigenvalue weighted by molar-refractivity contribution is 0.173. The number of fused-ring (bicyclic) bond motifs is 2. The van der Waals surface area contributed by atoms with Crippen LogP contribution in [0.4, 0.5) is 9.93 Å². The molecule has 0 spiro atoms. The first kappa shape index (κ1) is 13.9. The lowest BCUT2D eigenvalue weighted by atomic mass is 10.3. The third-order valence-electron chi connectivity index (χ3n) is 2.90. The highest BCUT2D eigenvalue weighted by molar-refractivity contribution is 7.22. The van der Waals surface area contributed by atoms with E-state index in [1.165, 1.54) is 11.3 Å². The smallest absolute Gasteiger partial charge is 0.321 e. The summed E-state index contributed by atoms with van der Waals surface area (Å²) in [5, 5.41) is 6.00. The maximum atomic E-state index is 11.8. The molecule has 8 heteroatoms. The average Bonchev–Trinajstić information content (AvgIpc) is 3.00. The Bertz CT molecular complexity index is 632. The van der Waals surface area contributed by atoms with Crippen LogP contribution < -0.4 is 20.1 Å². The highest BCUT2D eigenvalue weighted by Crippen LogP contribution is 2.38. The number of nitrogens with zero attached hydrogens (tertiary/aromatic N) is 1. The van der Waals surface area contributed by atoms with Gasteiger partial charge in [0.2, 0.25) is 6.79 Å². The first-order valence-electron chi connectivity index (χ1n) is 6.42. The van der Waals surface area contributed by atoms with Crippen molar-refractivity contribution in [3.05, 3.63) is 12.1 Å². The number of amides is 2. The molecule has 7 nitrogen and oxygen atoms in total. The van der Waals surface area contributed by atoms with Crippen LogP contribution in [-0.4, -0.2) is 37.6 Å².